The summed E-state index contributed by atoms with van der Waals surface area (Å²) in [6, 6.07) is 8.78. The number of hydrogen-bond donors (Lipinski definition) is 1. The molecule has 0 aliphatic rings. The van der Waals surface area contributed by atoms with Crippen molar-refractivity contribution in [3.63, 3.8) is 0 Å². The van der Waals surface area contributed by atoms with Crippen LogP contribution in [0.2, 0.25) is 0 Å². The highest BCUT2D eigenvalue weighted by Crippen LogP contribution is 2.07. The molecule has 1 N–H and O–H groups in total. The van der Waals surface area contributed by atoms with Crippen molar-refractivity contribution in [3.8, 4) is 0 Å². The summed E-state index contributed by atoms with van der Waals surface area (Å²) in [5, 5.41) is 2.68. The lowest BCUT2D eigenvalue weighted by molar-refractivity contribution is -0.150. The molecule has 1 aromatic rings. The van der Waals surface area contributed by atoms with Crippen LogP contribution in [0.15, 0.2) is 54.6 Å². The second-order valence-electron chi connectivity index (χ2n) is 5.21. The number of nitrogens with one attached hydrogen (secondary N) is 1. The Bertz CT molecular complexity index is 533. The zero-order chi connectivity index (χ0) is 16.4. The number of hydrogen-bond acceptors (Lipinski definition) is 3. The molecule has 0 aliphatic heterocycles. The van der Waals surface area contributed by atoms with Crippen molar-refractivity contribution in [1.82, 2.24) is 5.32 Å². The van der Waals surface area contributed by atoms with Crippen LogP contribution in [0.1, 0.15) is 26.3 Å². The lowest BCUT2D eigenvalue weighted by atomic mass is 10.0. The summed E-state index contributed by atoms with van der Waals surface area (Å²) in [5.74, 6) is -0.789. The molecule has 0 saturated carbocycles. The quantitative estimate of drug-likeness (QED) is 0.478. The summed E-state index contributed by atoms with van der Waals surface area (Å²) < 4.78 is 5.29. The molecule has 1 atom stereocenters. The van der Waals surface area contributed by atoms with Gasteiger partial charge in [0.1, 0.15) is 12.6 Å². The van der Waals surface area contributed by atoms with Crippen molar-refractivity contribution in [2.75, 3.05) is 0 Å². The third-order valence-electron chi connectivity index (χ3n) is 2.99. The van der Waals surface area contributed by atoms with Gasteiger partial charge < -0.3 is 10.1 Å². The van der Waals surface area contributed by atoms with Gasteiger partial charge in [-0.05, 0) is 18.4 Å². The summed E-state index contributed by atoms with van der Waals surface area (Å²) >= 11 is 0. The number of esters is 1. The highest BCUT2D eigenvalue weighted by atomic mass is 16.5. The largest absolute Gasteiger partial charge is 0.459 e. The number of carbonyl (C=O) groups is 2. The van der Waals surface area contributed by atoms with Crippen molar-refractivity contribution >= 4 is 11.9 Å². The second kappa shape index (κ2) is 9.55. The standard InChI is InChI=1S/C18H23NO3/c1-4-5-7-12-16(20)19-17(14(2)3)18(21)22-13-15-10-8-6-9-11-15/h4-12,14,17H,13H2,1-3H3,(H,19,20)/b5-4+,12-7+/t17-/m0/s1. The van der Waals surface area contributed by atoms with Gasteiger partial charge in [-0.15, -0.1) is 0 Å². The SMILES string of the molecule is C/C=C/C=C/C(=O)N[C@H](C(=O)OCc1ccccc1)C(C)C. The Morgan fingerprint density at radius 3 is 2.45 bits per heavy atom. The number of rotatable bonds is 7. The van der Waals surface area contributed by atoms with E-state index in [1.807, 2.05) is 57.2 Å². The molecule has 0 heterocycles. The van der Waals surface area contributed by atoms with Crippen LogP contribution >= 0.6 is 0 Å². The van der Waals surface area contributed by atoms with Crippen molar-refractivity contribution in [3.05, 3.63) is 60.2 Å². The molecule has 0 saturated heterocycles. The fraction of sp³-hybridized carbons (Fsp3) is 0.333. The van der Waals surface area contributed by atoms with E-state index < -0.39 is 12.0 Å². The van der Waals surface area contributed by atoms with Crippen molar-refractivity contribution in [2.24, 2.45) is 5.92 Å². The Labute approximate surface area is 131 Å². The lowest BCUT2D eigenvalue weighted by Gasteiger charge is -2.20. The molecule has 22 heavy (non-hydrogen) atoms. The first-order valence-corrected chi connectivity index (χ1v) is 7.35. The predicted molar refractivity (Wildman–Crippen MR) is 87.0 cm³/mol. The van der Waals surface area contributed by atoms with Crippen molar-refractivity contribution in [2.45, 2.75) is 33.4 Å². The van der Waals surface area contributed by atoms with Gasteiger partial charge in [-0.1, -0.05) is 62.4 Å². The van der Waals surface area contributed by atoms with E-state index in [-0.39, 0.29) is 18.4 Å². The van der Waals surface area contributed by atoms with Gasteiger partial charge in [0.05, 0.1) is 0 Å². The Morgan fingerprint density at radius 1 is 1.18 bits per heavy atom. The predicted octanol–water partition coefficient (Wildman–Crippen LogP) is 3.00. The number of allylic oxidation sites excluding steroid dienone is 3. The maximum Gasteiger partial charge on any atom is 0.329 e. The van der Waals surface area contributed by atoms with Crippen LogP contribution in [0, 0.1) is 5.92 Å². The molecule has 1 aromatic carbocycles. The molecule has 0 radical (unpaired) electrons. The number of ether oxygens (including phenoxy) is 1. The first-order chi connectivity index (χ1) is 10.5. The number of amides is 1. The zero-order valence-corrected chi connectivity index (χ0v) is 13.3. The van der Waals surface area contributed by atoms with E-state index in [2.05, 4.69) is 5.32 Å². The number of carbonyl (C=O) groups excluding carboxylic acids is 2. The first-order valence-electron chi connectivity index (χ1n) is 7.35. The minimum Gasteiger partial charge on any atom is -0.459 e. The Morgan fingerprint density at radius 2 is 1.86 bits per heavy atom. The van der Waals surface area contributed by atoms with E-state index in [1.54, 1.807) is 12.2 Å². The van der Waals surface area contributed by atoms with E-state index in [9.17, 15) is 9.59 Å². The molecular weight excluding hydrogens is 278 g/mol. The van der Waals surface area contributed by atoms with E-state index in [4.69, 9.17) is 4.74 Å². The van der Waals surface area contributed by atoms with Crippen LogP contribution in [-0.2, 0) is 20.9 Å². The summed E-state index contributed by atoms with van der Waals surface area (Å²) in [7, 11) is 0. The van der Waals surface area contributed by atoms with Crippen LogP contribution in [0.4, 0.5) is 0 Å². The summed E-state index contributed by atoms with van der Waals surface area (Å²) in [6.45, 7) is 5.79. The van der Waals surface area contributed by atoms with E-state index >= 15 is 0 Å². The van der Waals surface area contributed by atoms with Gasteiger partial charge in [0, 0.05) is 6.08 Å². The summed E-state index contributed by atoms with van der Waals surface area (Å²) in [5.41, 5.74) is 0.915. The van der Waals surface area contributed by atoms with Crippen molar-refractivity contribution < 1.29 is 14.3 Å². The highest BCUT2D eigenvalue weighted by Gasteiger charge is 2.24. The molecular formula is C18H23NO3. The Hall–Kier alpha value is -2.36. The van der Waals surface area contributed by atoms with Gasteiger partial charge in [-0.3, -0.25) is 4.79 Å². The molecule has 0 unspecified atom stereocenters. The van der Waals surface area contributed by atoms with Crippen LogP contribution in [0.3, 0.4) is 0 Å². The molecule has 1 rings (SSSR count). The Kier molecular flexibility index (Phi) is 7.68. The molecule has 0 bridgehead atoms. The summed E-state index contributed by atoms with van der Waals surface area (Å²) in [6.07, 6.45) is 6.58. The summed E-state index contributed by atoms with van der Waals surface area (Å²) in [4.78, 5) is 23.9. The van der Waals surface area contributed by atoms with Gasteiger partial charge in [-0.2, -0.15) is 0 Å². The van der Waals surface area contributed by atoms with Gasteiger partial charge in [0.15, 0.2) is 0 Å². The van der Waals surface area contributed by atoms with Gasteiger partial charge in [-0.25, -0.2) is 4.79 Å². The molecule has 118 valence electrons. The topological polar surface area (TPSA) is 55.4 Å². The molecule has 1 amide bonds. The third-order valence-corrected chi connectivity index (χ3v) is 2.99. The molecule has 4 heteroatoms. The number of benzene rings is 1. The van der Waals surface area contributed by atoms with Crippen LogP contribution in [0.25, 0.3) is 0 Å². The third kappa shape index (κ3) is 6.39. The first kappa shape index (κ1) is 17.7. The average molecular weight is 301 g/mol. The van der Waals surface area contributed by atoms with Crippen LogP contribution < -0.4 is 5.32 Å². The average Bonchev–Trinajstić information content (AvgIpc) is 2.51. The molecule has 0 spiro atoms. The molecule has 4 nitrogen and oxygen atoms in total. The minimum atomic E-state index is -0.661. The fourth-order valence-electron chi connectivity index (χ4n) is 1.77. The molecule has 0 fully saturated rings. The van der Waals surface area contributed by atoms with E-state index in [0.717, 1.165) is 5.56 Å². The fourth-order valence-corrected chi connectivity index (χ4v) is 1.77. The highest BCUT2D eigenvalue weighted by molar-refractivity contribution is 5.91. The maximum atomic E-state index is 12.1. The van der Waals surface area contributed by atoms with Gasteiger partial charge in [0.2, 0.25) is 5.91 Å². The van der Waals surface area contributed by atoms with Gasteiger partial charge >= 0.3 is 5.97 Å². The van der Waals surface area contributed by atoms with E-state index in [1.165, 1.54) is 6.08 Å². The van der Waals surface area contributed by atoms with E-state index in [0.29, 0.717) is 0 Å². The lowest BCUT2D eigenvalue weighted by Crippen LogP contribution is -2.44. The minimum absolute atomic E-state index is 0.0534. The smallest absolute Gasteiger partial charge is 0.329 e. The van der Waals surface area contributed by atoms with Crippen LogP contribution in [0.5, 0.6) is 0 Å². The monoisotopic (exact) mass is 301 g/mol. The van der Waals surface area contributed by atoms with Crippen molar-refractivity contribution in [1.29, 1.82) is 0 Å². The maximum absolute atomic E-state index is 12.1. The van der Waals surface area contributed by atoms with Crippen LogP contribution in [-0.4, -0.2) is 17.9 Å². The molecule has 0 aromatic heterocycles. The molecule has 0 aliphatic carbocycles. The van der Waals surface area contributed by atoms with Gasteiger partial charge in [0.25, 0.3) is 0 Å². The second-order valence-corrected chi connectivity index (χ2v) is 5.21. The Balaban J connectivity index is 2.58. The zero-order valence-electron chi connectivity index (χ0n) is 13.3. The normalized spacial score (nSPS) is 12.7.